The van der Waals surface area contributed by atoms with Crippen LogP contribution in [0.5, 0.6) is 0 Å². The van der Waals surface area contributed by atoms with Crippen LogP contribution in [-0.4, -0.2) is 30.6 Å². The molecule has 0 bridgehead atoms. The van der Waals surface area contributed by atoms with Crippen LogP contribution in [0.2, 0.25) is 0 Å². The van der Waals surface area contributed by atoms with Crippen molar-refractivity contribution in [2.45, 2.75) is 3.64 Å². The fourth-order valence-corrected chi connectivity index (χ4v) is 5.27. The van der Waals surface area contributed by atoms with E-state index in [1.54, 1.807) is 0 Å². The van der Waals surface area contributed by atoms with Crippen LogP contribution in [-0.2, 0) is 0 Å². The van der Waals surface area contributed by atoms with Gasteiger partial charge >= 0.3 is 7.00 Å². The maximum Gasteiger partial charge on any atom is 0.382 e. The first kappa shape index (κ1) is 9.45. The van der Waals surface area contributed by atoms with Crippen molar-refractivity contribution in [3.05, 3.63) is 0 Å². The van der Waals surface area contributed by atoms with Crippen LogP contribution in [0.3, 0.4) is 0 Å². The Bertz CT molecular complexity index is 68.9. The Hall–Kier alpha value is 1.45. The predicted octanol–water partition coefficient (Wildman–Crippen LogP) is 2.59. The highest BCUT2D eigenvalue weighted by atomic mass is 79.9. The highest BCUT2D eigenvalue weighted by Gasteiger charge is 2.24. The van der Waals surface area contributed by atoms with E-state index >= 15 is 0 Å². The molecule has 0 nitrogen and oxygen atoms in total. The molecule has 0 saturated carbocycles. The lowest BCUT2D eigenvalue weighted by atomic mass is 10.2. The molecule has 1 radical (unpaired) electrons. The first-order chi connectivity index (χ1) is 3.42. The highest BCUT2D eigenvalue weighted by molar-refractivity contribution is 9.25. The van der Waals surface area contributed by atoms with Crippen molar-refractivity contribution in [1.82, 2.24) is 0 Å². The van der Waals surface area contributed by atoms with Gasteiger partial charge in [-0.3, -0.25) is 0 Å². The largest absolute Gasteiger partial charge is 0.382 e. The van der Waals surface area contributed by atoms with Gasteiger partial charge in [0.25, 0.3) is 0 Å². The average molecular weight is 260 g/mol. The Labute approximate surface area is 69.6 Å². The number of hydrogen-bond acceptors (Lipinski definition) is 0. The van der Waals surface area contributed by atoms with Gasteiger partial charge in [-0.2, -0.15) is 0 Å². The summed E-state index contributed by atoms with van der Waals surface area (Å²) in [5, 5.41) is 0. The van der Waals surface area contributed by atoms with E-state index < -0.39 is 7.14 Å². The lowest BCUT2D eigenvalue weighted by molar-refractivity contribution is 2.03. The molecule has 0 amide bonds. The van der Waals surface area contributed by atoms with Crippen LogP contribution in [0.25, 0.3) is 0 Å². The van der Waals surface area contributed by atoms with Gasteiger partial charge < -0.3 is 0 Å². The summed E-state index contributed by atoms with van der Waals surface area (Å²) in [6, 6.07) is 0. The minimum absolute atomic E-state index is 0.392. The van der Waals surface area contributed by atoms with E-state index in [-0.39, 0.29) is 0 Å². The summed E-state index contributed by atoms with van der Waals surface area (Å²) in [5.41, 5.74) is 0. The van der Waals surface area contributed by atoms with Crippen LogP contribution in [0.1, 0.15) is 0 Å². The molecule has 0 saturated heterocycles. The molecule has 0 aliphatic rings. The molecule has 0 rings (SSSR count). The summed E-state index contributed by atoms with van der Waals surface area (Å²) in [6.07, 6.45) is 0. The summed E-state index contributed by atoms with van der Waals surface area (Å²) in [6.45, 7) is 9.14. The van der Waals surface area contributed by atoms with Gasteiger partial charge in [-0.1, -0.05) is 31.9 Å². The number of halogens is 2. The zero-order valence-electron chi connectivity index (χ0n) is 5.36. The molecule has 0 aliphatic carbocycles. The highest BCUT2D eigenvalue weighted by Crippen LogP contribution is 2.46. The molecule has 0 N–H and O–H groups in total. The second-order valence-corrected chi connectivity index (χ2v) is 10.3. The van der Waals surface area contributed by atoms with Crippen LogP contribution >= 0.6 is 39.0 Å². The van der Waals surface area contributed by atoms with E-state index in [4.69, 9.17) is 0 Å². The second kappa shape index (κ2) is 3.58. The Morgan fingerprint density at radius 2 is 1.62 bits per heavy atom. The molecule has 0 aliphatic heterocycles. The van der Waals surface area contributed by atoms with Gasteiger partial charge in [0.1, 0.15) is 0 Å². The van der Waals surface area contributed by atoms with Crippen molar-refractivity contribution in [3.63, 3.8) is 0 Å². The normalized spacial score (nSPS) is 12.2. The van der Waals surface area contributed by atoms with Crippen molar-refractivity contribution in [2.24, 2.45) is 0 Å². The minimum atomic E-state index is -0.691. The van der Waals surface area contributed by atoms with E-state index in [2.05, 4.69) is 58.9 Å². The first-order valence-electron chi connectivity index (χ1n) is 2.37. The molecule has 0 aromatic carbocycles. The number of rotatable bonds is 2. The summed E-state index contributed by atoms with van der Waals surface area (Å²) in [5.74, 6) is 0. The van der Waals surface area contributed by atoms with Gasteiger partial charge in [0.15, 0.2) is 0 Å². The third-order valence-corrected chi connectivity index (χ3v) is 3.10. The summed E-state index contributed by atoms with van der Waals surface area (Å²) >= 11 is 6.80. The number of alkyl halides is 2. The van der Waals surface area contributed by atoms with E-state index in [1.807, 2.05) is 0 Å². The Balaban J connectivity index is 3.39. The van der Waals surface area contributed by atoms with Gasteiger partial charge in [0.2, 0.25) is 0 Å². The third kappa shape index (κ3) is 7.45. The molecule has 0 aromatic heterocycles. The first-order valence-corrected chi connectivity index (χ1v) is 7.40. The summed E-state index contributed by atoms with van der Waals surface area (Å²) < 4.78 is 0.392. The lowest BCUT2D eigenvalue weighted by Gasteiger charge is -2.08. The van der Waals surface area contributed by atoms with Crippen molar-refractivity contribution >= 4 is 46.0 Å². The van der Waals surface area contributed by atoms with Gasteiger partial charge in [0, 0.05) is 20.0 Å². The minimum Gasteiger partial charge on any atom is -0.0815 e. The molecule has 8 heavy (non-hydrogen) atoms. The fraction of sp³-hybridized carbons (Fsp3) is 1.00. The topological polar surface area (TPSA) is 0 Å². The second-order valence-electron chi connectivity index (χ2n) is 2.60. The number of hydrogen-bond donors (Lipinski definition) is 0. The molecule has 0 atom stereocenters. The fourth-order valence-electron chi connectivity index (χ4n) is 0.338. The quantitative estimate of drug-likeness (QED) is 0.406. The Morgan fingerprint density at radius 3 is 1.62 bits per heavy atom. The molecule has 0 unspecified atom stereocenters. The van der Waals surface area contributed by atoms with Crippen LogP contribution < -0.4 is 0 Å². The van der Waals surface area contributed by atoms with Crippen LogP contribution in [0, 0.1) is 0 Å². The van der Waals surface area contributed by atoms with Crippen molar-refractivity contribution in [2.75, 3.05) is 20.0 Å². The monoisotopic (exact) mass is 258 g/mol. The molecule has 0 fully saturated rings. The summed E-state index contributed by atoms with van der Waals surface area (Å²) in [7, 11) is -0.691. The van der Waals surface area contributed by atoms with Crippen LogP contribution in [0.4, 0.5) is 0 Å². The predicted molar refractivity (Wildman–Crippen MR) is 52.1 cm³/mol. The molecule has 0 spiro atoms. The summed E-state index contributed by atoms with van der Waals surface area (Å²) in [4.78, 5) is 0. The van der Waals surface area contributed by atoms with Gasteiger partial charge in [0.05, 0.1) is 3.64 Å². The maximum absolute atomic E-state index is 3.40. The third-order valence-electron chi connectivity index (χ3n) is 0.560. The zero-order chi connectivity index (χ0) is 6.78. The van der Waals surface area contributed by atoms with Crippen LogP contribution in [0.15, 0.2) is 0 Å². The smallest absolute Gasteiger partial charge is 0.0815 e. The van der Waals surface area contributed by atoms with E-state index in [9.17, 15) is 0 Å². The SMILES string of the molecule is C[P+](C)(C)[B]C(Br)Br. The van der Waals surface area contributed by atoms with Gasteiger partial charge in [-0.15, -0.1) is 0 Å². The average Bonchev–Trinajstić information content (AvgIpc) is 1.21. The molecule has 47 valence electrons. The molecule has 4 heteroatoms. The molecular formula is C4H10BBr2P+. The Morgan fingerprint density at radius 1 is 1.25 bits per heavy atom. The van der Waals surface area contributed by atoms with Crippen molar-refractivity contribution in [3.8, 4) is 0 Å². The van der Waals surface area contributed by atoms with Crippen molar-refractivity contribution < 1.29 is 0 Å². The van der Waals surface area contributed by atoms with Gasteiger partial charge in [-0.25, -0.2) is 0 Å². The van der Waals surface area contributed by atoms with Crippen molar-refractivity contribution in [1.29, 1.82) is 0 Å². The molecule has 0 heterocycles. The Kier molecular flexibility index (Phi) is 4.23. The standard InChI is InChI=1S/C4H10BBr2P/c1-8(2,3)5-4(6)7/h4H,1-3H3/q+1. The van der Waals surface area contributed by atoms with E-state index in [0.717, 1.165) is 0 Å². The molecule has 0 aromatic rings. The lowest BCUT2D eigenvalue weighted by Crippen LogP contribution is -2.04. The van der Waals surface area contributed by atoms with E-state index in [0.29, 0.717) is 3.64 Å². The van der Waals surface area contributed by atoms with Gasteiger partial charge in [-0.05, 0) is 7.14 Å². The maximum atomic E-state index is 3.40. The van der Waals surface area contributed by atoms with E-state index in [1.165, 1.54) is 0 Å². The molecular weight excluding hydrogens is 250 g/mol. The zero-order valence-corrected chi connectivity index (χ0v) is 9.42.